The number of aromatic nitrogens is 4. The highest BCUT2D eigenvalue weighted by atomic mass is 19.1. The van der Waals surface area contributed by atoms with E-state index in [0.717, 1.165) is 66.0 Å². The largest absolute Gasteiger partial charge is 0.356 e. The number of para-hydroxylation sites is 1. The lowest BCUT2D eigenvalue weighted by Gasteiger charge is -2.28. The second-order valence-corrected chi connectivity index (χ2v) is 10.6. The molecule has 0 bridgehead atoms. The third-order valence-corrected chi connectivity index (χ3v) is 7.84. The van der Waals surface area contributed by atoms with Crippen LogP contribution in [0.4, 0.5) is 4.39 Å². The molecule has 2 aliphatic rings. The van der Waals surface area contributed by atoms with Gasteiger partial charge in [-0.15, -0.1) is 0 Å². The first-order chi connectivity index (χ1) is 19.0. The zero-order chi connectivity index (χ0) is 26.9. The number of likely N-dealkylation sites (tertiary alicyclic amines) is 1. The Hall–Kier alpha value is -3.96. The Bertz CT molecular complexity index is 1540. The molecule has 3 aromatic heterocycles. The third kappa shape index (κ3) is 5.32. The van der Waals surface area contributed by atoms with E-state index in [2.05, 4.69) is 43.9 Å². The van der Waals surface area contributed by atoms with Crippen molar-refractivity contribution in [3.8, 4) is 11.8 Å². The maximum atomic E-state index is 14.3. The Kier molecular flexibility index (Phi) is 6.92. The molecule has 2 N–H and O–H groups in total. The molecule has 2 aliphatic heterocycles. The molecule has 0 aliphatic carbocycles. The fraction of sp³-hybridized carbons (Fsp3) is 0.387. The van der Waals surface area contributed by atoms with E-state index < -0.39 is 12.2 Å². The van der Waals surface area contributed by atoms with Gasteiger partial charge >= 0.3 is 0 Å². The molecule has 200 valence electrons. The summed E-state index contributed by atoms with van der Waals surface area (Å²) in [5, 5.41) is 4.17. The normalized spacial score (nSPS) is 18.5. The summed E-state index contributed by atoms with van der Waals surface area (Å²) >= 11 is 0. The molecule has 1 aromatic carbocycles. The van der Waals surface area contributed by atoms with E-state index in [4.69, 9.17) is 0 Å². The van der Waals surface area contributed by atoms with Gasteiger partial charge in [0.05, 0.1) is 18.6 Å². The lowest BCUT2D eigenvalue weighted by atomic mass is 9.97. The number of halogens is 1. The maximum absolute atomic E-state index is 14.3. The van der Waals surface area contributed by atoms with Gasteiger partial charge in [-0.2, -0.15) is 0 Å². The number of nitrogens with zero attached hydrogens (tertiary/aromatic N) is 4. The summed E-state index contributed by atoms with van der Waals surface area (Å²) in [5.41, 5.74) is 5.04. The molecule has 39 heavy (non-hydrogen) atoms. The van der Waals surface area contributed by atoms with Crippen molar-refractivity contribution < 1.29 is 9.18 Å². The topological polar surface area (TPSA) is 78.8 Å². The number of fused-ring (bicyclic) bond motifs is 2. The first-order valence-electron chi connectivity index (χ1n) is 13.8. The first kappa shape index (κ1) is 25.3. The van der Waals surface area contributed by atoms with Crippen molar-refractivity contribution >= 4 is 16.8 Å². The van der Waals surface area contributed by atoms with Gasteiger partial charge in [-0.05, 0) is 69.1 Å². The maximum Gasteiger partial charge on any atom is 0.270 e. The van der Waals surface area contributed by atoms with Crippen molar-refractivity contribution in [2.75, 3.05) is 19.6 Å². The van der Waals surface area contributed by atoms with Gasteiger partial charge in [0.25, 0.3) is 5.91 Å². The summed E-state index contributed by atoms with van der Waals surface area (Å²) in [6, 6.07) is 13.1. The zero-order valence-corrected chi connectivity index (χ0v) is 22.4. The second kappa shape index (κ2) is 10.7. The zero-order valence-electron chi connectivity index (χ0n) is 22.4. The number of imidazole rings is 1. The molecule has 0 spiro atoms. The fourth-order valence-corrected chi connectivity index (χ4v) is 5.72. The SMILES string of the molecule is CCN1CCC(C#Cc2cc(C)nc(C(=O)NC(c3cc4ccccc4[nH]3)c3ncn4c3C[C@@H](F)C4)c2)CC1. The predicted molar refractivity (Wildman–Crippen MR) is 149 cm³/mol. The Labute approximate surface area is 227 Å². The monoisotopic (exact) mass is 524 g/mol. The molecule has 1 amide bonds. The van der Waals surface area contributed by atoms with E-state index in [9.17, 15) is 9.18 Å². The summed E-state index contributed by atoms with van der Waals surface area (Å²) in [5.74, 6) is 6.77. The molecule has 4 aromatic rings. The summed E-state index contributed by atoms with van der Waals surface area (Å²) in [7, 11) is 0. The fourth-order valence-electron chi connectivity index (χ4n) is 5.72. The molecular weight excluding hydrogens is 491 g/mol. The third-order valence-electron chi connectivity index (χ3n) is 7.84. The first-order valence-corrected chi connectivity index (χ1v) is 13.8. The van der Waals surface area contributed by atoms with Crippen LogP contribution < -0.4 is 5.32 Å². The van der Waals surface area contributed by atoms with E-state index in [-0.39, 0.29) is 18.9 Å². The van der Waals surface area contributed by atoms with E-state index in [1.807, 2.05) is 47.9 Å². The quantitative estimate of drug-likeness (QED) is 0.375. The minimum absolute atomic E-state index is 0.279. The number of amides is 1. The van der Waals surface area contributed by atoms with Crippen LogP contribution in [0.2, 0.25) is 0 Å². The van der Waals surface area contributed by atoms with Gasteiger partial charge in [0.1, 0.15) is 17.9 Å². The summed E-state index contributed by atoms with van der Waals surface area (Å²) < 4.78 is 16.1. The Morgan fingerprint density at radius 2 is 2.05 bits per heavy atom. The van der Waals surface area contributed by atoms with Crippen LogP contribution in [0, 0.1) is 24.7 Å². The van der Waals surface area contributed by atoms with Crippen LogP contribution in [0.25, 0.3) is 10.9 Å². The van der Waals surface area contributed by atoms with Crippen molar-refractivity contribution in [1.82, 2.24) is 29.7 Å². The molecule has 0 saturated carbocycles. The number of carbonyl (C=O) groups excluding carboxylic acids is 1. The highest BCUT2D eigenvalue weighted by Gasteiger charge is 2.31. The van der Waals surface area contributed by atoms with Crippen LogP contribution in [-0.4, -0.2) is 56.1 Å². The molecule has 2 atom stereocenters. The number of rotatable bonds is 5. The molecule has 0 radical (unpaired) electrons. The Morgan fingerprint density at radius 1 is 1.23 bits per heavy atom. The number of piperidine rings is 1. The van der Waals surface area contributed by atoms with Gasteiger partial charge in [-0.1, -0.05) is 37.0 Å². The predicted octanol–water partition coefficient (Wildman–Crippen LogP) is 4.56. The minimum Gasteiger partial charge on any atom is -0.356 e. The highest BCUT2D eigenvalue weighted by molar-refractivity contribution is 5.93. The Balaban J connectivity index is 1.28. The number of hydrogen-bond donors (Lipinski definition) is 2. The van der Waals surface area contributed by atoms with Gasteiger partial charge in [0, 0.05) is 40.5 Å². The van der Waals surface area contributed by atoms with E-state index in [1.165, 1.54) is 0 Å². The standard InChI is InChI=1S/C31H33FN6O/c1-3-37-12-10-21(11-13-37)8-9-22-14-20(2)34-27(15-22)31(39)36-29(26-16-23-6-4-5-7-25(23)35-26)30-28-17-24(32)18-38(28)19-33-30/h4-7,14-16,19,21,24,29,35H,3,10-13,17-18H2,1-2H3,(H,36,39)/t24-,29?/m1/s1. The van der Waals surface area contributed by atoms with Crippen molar-refractivity contribution in [2.24, 2.45) is 5.92 Å². The number of H-pyrrole nitrogens is 1. The van der Waals surface area contributed by atoms with Gasteiger partial charge in [0.2, 0.25) is 0 Å². The number of hydrogen-bond acceptors (Lipinski definition) is 4. The molecule has 1 unspecified atom stereocenters. The molecule has 1 saturated heterocycles. The van der Waals surface area contributed by atoms with Crippen molar-refractivity contribution in [3.63, 3.8) is 0 Å². The number of alkyl halides is 1. The van der Waals surface area contributed by atoms with Crippen molar-refractivity contribution in [2.45, 2.75) is 51.9 Å². The molecule has 5 heterocycles. The Morgan fingerprint density at radius 3 is 2.85 bits per heavy atom. The number of aromatic amines is 1. The number of aryl methyl sites for hydroxylation is 1. The van der Waals surface area contributed by atoms with Gasteiger partial charge in [-0.3, -0.25) is 4.79 Å². The molecule has 6 rings (SSSR count). The van der Waals surface area contributed by atoms with Crippen LogP contribution >= 0.6 is 0 Å². The molecule has 1 fully saturated rings. The van der Waals surface area contributed by atoms with Crippen LogP contribution in [-0.2, 0) is 13.0 Å². The number of nitrogens with one attached hydrogen (secondary N) is 2. The molecular formula is C31H33FN6O. The number of pyridine rings is 1. The molecule has 7 nitrogen and oxygen atoms in total. The van der Waals surface area contributed by atoms with Crippen LogP contribution in [0.1, 0.15) is 64.6 Å². The summed E-state index contributed by atoms with van der Waals surface area (Å²) in [6.07, 6.45) is 3.13. The van der Waals surface area contributed by atoms with Gasteiger partial charge < -0.3 is 19.8 Å². The van der Waals surface area contributed by atoms with Crippen LogP contribution in [0.3, 0.4) is 0 Å². The average Bonchev–Trinajstić information content (AvgIpc) is 3.64. The summed E-state index contributed by atoms with van der Waals surface area (Å²) in [6.45, 7) is 7.59. The number of benzene rings is 1. The lowest BCUT2D eigenvalue weighted by Crippen LogP contribution is -2.32. The second-order valence-electron chi connectivity index (χ2n) is 10.6. The van der Waals surface area contributed by atoms with E-state index in [0.29, 0.717) is 17.3 Å². The van der Waals surface area contributed by atoms with Crippen molar-refractivity contribution in [3.05, 3.63) is 82.8 Å². The van der Waals surface area contributed by atoms with E-state index in [1.54, 1.807) is 12.4 Å². The van der Waals surface area contributed by atoms with Crippen LogP contribution in [0.5, 0.6) is 0 Å². The highest BCUT2D eigenvalue weighted by Crippen LogP contribution is 2.31. The minimum atomic E-state index is -0.949. The number of carbonyl (C=O) groups is 1. The summed E-state index contributed by atoms with van der Waals surface area (Å²) in [4.78, 5) is 28.6. The van der Waals surface area contributed by atoms with Crippen LogP contribution in [0.15, 0.2) is 48.8 Å². The van der Waals surface area contributed by atoms with E-state index >= 15 is 0 Å². The van der Waals surface area contributed by atoms with Crippen molar-refractivity contribution in [1.29, 1.82) is 0 Å². The smallest absolute Gasteiger partial charge is 0.270 e. The average molecular weight is 525 g/mol. The molecule has 8 heteroatoms. The van der Waals surface area contributed by atoms with Gasteiger partial charge in [-0.25, -0.2) is 14.4 Å². The lowest BCUT2D eigenvalue weighted by molar-refractivity contribution is 0.0936. The van der Waals surface area contributed by atoms with Gasteiger partial charge in [0.15, 0.2) is 0 Å².